The van der Waals surface area contributed by atoms with Gasteiger partial charge in [0.25, 0.3) is 0 Å². The Kier molecular flexibility index (Phi) is 6.84. The number of hydrogen-bond acceptors (Lipinski definition) is 6. The third-order valence-electron chi connectivity index (χ3n) is 5.49. The largest absolute Gasteiger partial charge is 0.506 e. The fourth-order valence-corrected chi connectivity index (χ4v) is 4.36. The van der Waals surface area contributed by atoms with Crippen molar-refractivity contribution in [2.75, 3.05) is 18.4 Å². The minimum atomic E-state index is -0.0373. The monoisotopic (exact) mass is 437 g/mol. The predicted octanol–water partition coefficient (Wildman–Crippen LogP) is 4.59. The van der Waals surface area contributed by atoms with Gasteiger partial charge in [0.2, 0.25) is 5.91 Å². The SMILES string of the molecule is Cc1ccc(OCc2nc(CN3CCC(C(=O)Nc4ccccc4O)CC3)cs2)cc1. The van der Waals surface area contributed by atoms with Gasteiger partial charge in [0.15, 0.2) is 0 Å². The molecule has 31 heavy (non-hydrogen) atoms. The summed E-state index contributed by atoms with van der Waals surface area (Å²) in [5.41, 5.74) is 2.73. The van der Waals surface area contributed by atoms with E-state index in [1.54, 1.807) is 35.6 Å². The maximum absolute atomic E-state index is 12.5. The lowest BCUT2D eigenvalue weighted by Gasteiger charge is -2.30. The van der Waals surface area contributed by atoms with Gasteiger partial charge in [-0.05, 0) is 57.1 Å². The van der Waals surface area contributed by atoms with Gasteiger partial charge in [-0.25, -0.2) is 4.98 Å². The number of thiazole rings is 1. The minimum Gasteiger partial charge on any atom is -0.506 e. The van der Waals surface area contributed by atoms with E-state index in [0.717, 1.165) is 48.9 Å². The molecule has 3 aromatic rings. The molecule has 0 atom stereocenters. The fourth-order valence-electron chi connectivity index (χ4n) is 3.66. The van der Waals surface area contributed by atoms with Gasteiger partial charge < -0.3 is 15.2 Å². The van der Waals surface area contributed by atoms with E-state index in [1.165, 1.54) is 5.56 Å². The standard InChI is InChI=1S/C24H27N3O3S/c1-17-6-8-20(9-7-17)30-15-23-25-19(16-31-23)14-27-12-10-18(11-13-27)24(29)26-21-4-2-3-5-22(21)28/h2-9,16,18,28H,10-15H2,1H3,(H,26,29). The number of nitrogens with zero attached hydrogens (tertiary/aromatic N) is 2. The van der Waals surface area contributed by atoms with Crippen LogP contribution in [0.5, 0.6) is 11.5 Å². The molecule has 1 amide bonds. The molecule has 2 heterocycles. The highest BCUT2D eigenvalue weighted by Gasteiger charge is 2.25. The van der Waals surface area contributed by atoms with Crippen molar-refractivity contribution in [2.24, 2.45) is 5.92 Å². The Balaban J connectivity index is 1.22. The number of aryl methyl sites for hydroxylation is 1. The summed E-state index contributed by atoms with van der Waals surface area (Å²) in [6.45, 7) is 5.02. The number of para-hydroxylation sites is 2. The van der Waals surface area contributed by atoms with Gasteiger partial charge in [0.05, 0.1) is 11.4 Å². The molecule has 1 aliphatic rings. The van der Waals surface area contributed by atoms with Crippen LogP contribution in [0.2, 0.25) is 0 Å². The average molecular weight is 438 g/mol. The molecule has 0 aliphatic carbocycles. The molecule has 0 radical (unpaired) electrons. The molecule has 1 fully saturated rings. The van der Waals surface area contributed by atoms with E-state index >= 15 is 0 Å². The van der Waals surface area contributed by atoms with Crippen LogP contribution in [-0.2, 0) is 17.9 Å². The molecule has 1 aliphatic heterocycles. The van der Waals surface area contributed by atoms with Gasteiger partial charge in [0.1, 0.15) is 23.1 Å². The summed E-state index contributed by atoms with van der Waals surface area (Å²) in [6.07, 6.45) is 1.60. The molecule has 0 saturated carbocycles. The van der Waals surface area contributed by atoms with E-state index < -0.39 is 0 Å². The second-order valence-corrected chi connectivity index (χ2v) is 8.83. The molecule has 1 saturated heterocycles. The maximum atomic E-state index is 12.5. The number of aromatic hydroxyl groups is 1. The van der Waals surface area contributed by atoms with Crippen LogP contribution in [0, 0.1) is 12.8 Å². The normalized spacial score (nSPS) is 15.0. The van der Waals surface area contributed by atoms with E-state index in [2.05, 4.69) is 22.5 Å². The van der Waals surface area contributed by atoms with Crippen molar-refractivity contribution in [3.05, 3.63) is 70.2 Å². The number of rotatable bonds is 7. The quantitative estimate of drug-likeness (QED) is 0.529. The third kappa shape index (κ3) is 5.83. The molecule has 4 rings (SSSR count). The van der Waals surface area contributed by atoms with Crippen molar-refractivity contribution < 1.29 is 14.6 Å². The number of likely N-dealkylation sites (tertiary alicyclic amines) is 1. The van der Waals surface area contributed by atoms with Crippen LogP contribution in [-0.4, -0.2) is 34.0 Å². The first kappa shape index (κ1) is 21.3. The number of ether oxygens (including phenoxy) is 1. The Morgan fingerprint density at radius 3 is 2.68 bits per heavy atom. The van der Waals surface area contributed by atoms with Crippen LogP contribution >= 0.6 is 11.3 Å². The van der Waals surface area contributed by atoms with E-state index in [0.29, 0.717) is 12.3 Å². The number of amides is 1. The summed E-state index contributed by atoms with van der Waals surface area (Å²) in [5.74, 6) is 0.889. The van der Waals surface area contributed by atoms with Gasteiger partial charge in [0, 0.05) is 17.8 Å². The number of piperidine rings is 1. The average Bonchev–Trinajstić information content (AvgIpc) is 3.23. The lowest BCUT2D eigenvalue weighted by Crippen LogP contribution is -2.37. The number of carbonyl (C=O) groups is 1. The molecular formula is C24H27N3O3S. The minimum absolute atomic E-state index is 0.0228. The Morgan fingerprint density at radius 2 is 1.94 bits per heavy atom. The van der Waals surface area contributed by atoms with Crippen LogP contribution in [0.4, 0.5) is 5.69 Å². The number of anilines is 1. The van der Waals surface area contributed by atoms with Gasteiger partial charge in [-0.1, -0.05) is 29.8 Å². The van der Waals surface area contributed by atoms with Crippen LogP contribution in [0.3, 0.4) is 0 Å². The number of benzene rings is 2. The zero-order valence-corrected chi connectivity index (χ0v) is 18.4. The van der Waals surface area contributed by atoms with Gasteiger partial charge >= 0.3 is 0 Å². The smallest absolute Gasteiger partial charge is 0.227 e. The first-order valence-electron chi connectivity index (χ1n) is 10.5. The van der Waals surface area contributed by atoms with Crippen LogP contribution in [0.1, 0.15) is 29.1 Å². The second-order valence-electron chi connectivity index (χ2n) is 7.89. The lowest BCUT2D eigenvalue weighted by atomic mass is 9.95. The van der Waals surface area contributed by atoms with Crippen LogP contribution < -0.4 is 10.1 Å². The summed E-state index contributed by atoms with van der Waals surface area (Å²) in [5, 5.41) is 15.7. The molecule has 0 unspecified atom stereocenters. The first-order valence-corrected chi connectivity index (χ1v) is 11.4. The van der Waals surface area contributed by atoms with Crippen molar-refractivity contribution in [2.45, 2.75) is 32.9 Å². The summed E-state index contributed by atoms with van der Waals surface area (Å²) in [6, 6.07) is 14.8. The number of hydrogen-bond donors (Lipinski definition) is 2. The van der Waals surface area contributed by atoms with Crippen molar-refractivity contribution in [1.29, 1.82) is 0 Å². The summed E-state index contributed by atoms with van der Waals surface area (Å²) >= 11 is 1.62. The maximum Gasteiger partial charge on any atom is 0.227 e. The van der Waals surface area contributed by atoms with Crippen LogP contribution in [0.25, 0.3) is 0 Å². The number of phenols is 1. The third-order valence-corrected chi connectivity index (χ3v) is 6.36. The van der Waals surface area contributed by atoms with Gasteiger partial charge in [-0.2, -0.15) is 0 Å². The Labute approximate surface area is 186 Å². The molecule has 0 bridgehead atoms. The highest BCUT2D eigenvalue weighted by atomic mass is 32.1. The predicted molar refractivity (Wildman–Crippen MR) is 122 cm³/mol. The van der Waals surface area contributed by atoms with E-state index in [4.69, 9.17) is 9.72 Å². The molecule has 7 heteroatoms. The topological polar surface area (TPSA) is 74.7 Å². The molecule has 6 nitrogen and oxygen atoms in total. The van der Waals surface area contributed by atoms with E-state index in [9.17, 15) is 9.90 Å². The van der Waals surface area contributed by atoms with E-state index in [-0.39, 0.29) is 17.6 Å². The fraction of sp³-hybridized carbons (Fsp3) is 0.333. The Morgan fingerprint density at radius 1 is 1.19 bits per heavy atom. The molecule has 1 aromatic heterocycles. The number of aromatic nitrogens is 1. The summed E-state index contributed by atoms with van der Waals surface area (Å²) in [7, 11) is 0. The lowest BCUT2D eigenvalue weighted by molar-refractivity contribution is -0.121. The Bertz CT molecular complexity index is 1010. The molecule has 0 spiro atoms. The van der Waals surface area contributed by atoms with Crippen LogP contribution in [0.15, 0.2) is 53.9 Å². The highest BCUT2D eigenvalue weighted by molar-refractivity contribution is 7.09. The number of carbonyl (C=O) groups excluding carboxylic acids is 1. The number of nitrogens with one attached hydrogen (secondary N) is 1. The zero-order chi connectivity index (χ0) is 21.6. The van der Waals surface area contributed by atoms with Gasteiger partial charge in [-0.3, -0.25) is 9.69 Å². The highest BCUT2D eigenvalue weighted by Crippen LogP contribution is 2.25. The molecule has 2 aromatic carbocycles. The van der Waals surface area contributed by atoms with Crippen molar-refractivity contribution >= 4 is 22.9 Å². The van der Waals surface area contributed by atoms with Crippen molar-refractivity contribution in [1.82, 2.24) is 9.88 Å². The summed E-state index contributed by atoms with van der Waals surface area (Å²) < 4.78 is 5.82. The summed E-state index contributed by atoms with van der Waals surface area (Å²) in [4.78, 5) is 19.6. The molecule has 2 N–H and O–H groups in total. The van der Waals surface area contributed by atoms with E-state index in [1.807, 2.05) is 24.3 Å². The van der Waals surface area contributed by atoms with Crippen molar-refractivity contribution in [3.63, 3.8) is 0 Å². The molecular weight excluding hydrogens is 410 g/mol. The van der Waals surface area contributed by atoms with Crippen molar-refractivity contribution in [3.8, 4) is 11.5 Å². The van der Waals surface area contributed by atoms with Gasteiger partial charge in [-0.15, -0.1) is 11.3 Å². The molecule has 162 valence electrons. The zero-order valence-electron chi connectivity index (χ0n) is 17.6. The first-order chi connectivity index (χ1) is 15.1. The Hall–Kier alpha value is -2.90. The number of phenolic OH excluding ortho intramolecular Hbond substituents is 1. The second kappa shape index (κ2) is 9.94.